The minimum atomic E-state index is -1.34. The van der Waals surface area contributed by atoms with E-state index in [1.807, 2.05) is 6.07 Å². The normalized spacial score (nSPS) is 11.8. The van der Waals surface area contributed by atoms with E-state index >= 15 is 0 Å². The van der Waals surface area contributed by atoms with Gasteiger partial charge in [0.2, 0.25) is 0 Å². The quantitative estimate of drug-likeness (QED) is 0.841. The zero-order chi connectivity index (χ0) is 11.5. The van der Waals surface area contributed by atoms with Crippen LogP contribution in [0.15, 0.2) is 18.2 Å². The van der Waals surface area contributed by atoms with Crippen LogP contribution in [-0.4, -0.2) is 6.54 Å². The molecule has 0 aromatic heterocycles. The third kappa shape index (κ3) is 3.47. The van der Waals surface area contributed by atoms with Crippen molar-refractivity contribution < 1.29 is 4.39 Å². The minimum absolute atomic E-state index is 0.615. The maximum absolute atomic E-state index is 13.6. The highest BCUT2D eigenvalue weighted by Crippen LogP contribution is 2.28. The van der Waals surface area contributed by atoms with Gasteiger partial charge in [0.1, 0.15) is 5.67 Å². The zero-order valence-corrected chi connectivity index (χ0v) is 9.94. The monoisotopic (exact) mass is 229 g/mol. The molecule has 1 aromatic carbocycles. The molecule has 0 saturated carbocycles. The SMILES string of the molecule is CC(C)(F)c1ccc(CCCN)c(Cl)c1. The number of halogens is 2. The summed E-state index contributed by atoms with van der Waals surface area (Å²) in [5.74, 6) is 0. The third-order valence-corrected chi connectivity index (χ3v) is 2.74. The summed E-state index contributed by atoms with van der Waals surface area (Å²) in [7, 11) is 0. The third-order valence-electron chi connectivity index (χ3n) is 2.39. The number of nitrogens with two attached hydrogens (primary N) is 1. The first kappa shape index (κ1) is 12.5. The molecule has 0 aliphatic rings. The van der Waals surface area contributed by atoms with Crippen LogP contribution in [0.1, 0.15) is 31.4 Å². The molecule has 84 valence electrons. The largest absolute Gasteiger partial charge is 0.330 e. The fourth-order valence-corrected chi connectivity index (χ4v) is 1.69. The molecular formula is C12H17ClFN. The van der Waals surface area contributed by atoms with Gasteiger partial charge in [-0.2, -0.15) is 0 Å². The van der Waals surface area contributed by atoms with E-state index < -0.39 is 5.67 Å². The second-order valence-electron chi connectivity index (χ2n) is 4.17. The van der Waals surface area contributed by atoms with Crippen molar-refractivity contribution in [3.8, 4) is 0 Å². The fraction of sp³-hybridized carbons (Fsp3) is 0.500. The predicted octanol–water partition coefficient (Wildman–Crippen LogP) is 3.44. The Morgan fingerprint density at radius 3 is 2.53 bits per heavy atom. The van der Waals surface area contributed by atoms with E-state index in [2.05, 4.69) is 0 Å². The Morgan fingerprint density at radius 1 is 1.40 bits per heavy atom. The van der Waals surface area contributed by atoms with Crippen molar-refractivity contribution in [2.75, 3.05) is 6.54 Å². The molecule has 0 saturated heterocycles. The summed E-state index contributed by atoms with van der Waals surface area (Å²) in [5.41, 5.74) is 5.74. The summed E-state index contributed by atoms with van der Waals surface area (Å²) >= 11 is 6.06. The average Bonchev–Trinajstić information content (AvgIpc) is 2.14. The molecule has 0 spiro atoms. The number of benzene rings is 1. The Hall–Kier alpha value is -0.600. The second kappa shape index (κ2) is 4.95. The minimum Gasteiger partial charge on any atom is -0.330 e. The Morgan fingerprint density at radius 2 is 2.07 bits per heavy atom. The molecule has 0 fully saturated rings. The highest BCUT2D eigenvalue weighted by Gasteiger charge is 2.19. The number of aryl methyl sites for hydroxylation is 1. The standard InChI is InChI=1S/C12H17ClFN/c1-12(2,14)10-6-5-9(4-3-7-15)11(13)8-10/h5-6,8H,3-4,7,15H2,1-2H3. The molecule has 0 bridgehead atoms. The van der Waals surface area contributed by atoms with Crippen LogP contribution in [0.3, 0.4) is 0 Å². The van der Waals surface area contributed by atoms with Crippen molar-refractivity contribution in [2.45, 2.75) is 32.4 Å². The van der Waals surface area contributed by atoms with Gasteiger partial charge in [0, 0.05) is 5.02 Å². The van der Waals surface area contributed by atoms with Gasteiger partial charge in [0.05, 0.1) is 0 Å². The number of alkyl halides is 1. The van der Waals surface area contributed by atoms with Gasteiger partial charge < -0.3 is 5.73 Å². The molecule has 1 nitrogen and oxygen atoms in total. The van der Waals surface area contributed by atoms with E-state index in [-0.39, 0.29) is 0 Å². The van der Waals surface area contributed by atoms with E-state index in [1.165, 1.54) is 13.8 Å². The Kier molecular flexibility index (Phi) is 4.12. The molecule has 1 aromatic rings. The first-order valence-electron chi connectivity index (χ1n) is 5.13. The van der Waals surface area contributed by atoms with Crippen molar-refractivity contribution in [1.82, 2.24) is 0 Å². The molecule has 0 unspecified atom stereocenters. The molecular weight excluding hydrogens is 213 g/mol. The maximum atomic E-state index is 13.6. The van der Waals surface area contributed by atoms with Crippen molar-refractivity contribution in [1.29, 1.82) is 0 Å². The van der Waals surface area contributed by atoms with E-state index in [1.54, 1.807) is 12.1 Å². The molecule has 0 aliphatic heterocycles. The van der Waals surface area contributed by atoms with Gasteiger partial charge >= 0.3 is 0 Å². The van der Waals surface area contributed by atoms with Gasteiger partial charge in [-0.15, -0.1) is 0 Å². The predicted molar refractivity (Wildman–Crippen MR) is 63.0 cm³/mol. The molecule has 0 radical (unpaired) electrons. The van der Waals surface area contributed by atoms with Crippen LogP contribution < -0.4 is 5.73 Å². The lowest BCUT2D eigenvalue weighted by molar-refractivity contribution is 0.221. The average molecular weight is 230 g/mol. The van der Waals surface area contributed by atoms with E-state index in [9.17, 15) is 4.39 Å². The summed E-state index contributed by atoms with van der Waals surface area (Å²) in [6.07, 6.45) is 1.75. The van der Waals surface area contributed by atoms with Crippen LogP contribution in [0.25, 0.3) is 0 Å². The van der Waals surface area contributed by atoms with Crippen LogP contribution in [-0.2, 0) is 12.1 Å². The van der Waals surface area contributed by atoms with Gasteiger partial charge in [-0.25, -0.2) is 4.39 Å². The van der Waals surface area contributed by atoms with Gasteiger partial charge in [-0.05, 0) is 50.4 Å². The molecule has 0 heterocycles. The van der Waals surface area contributed by atoms with Gasteiger partial charge in [-0.3, -0.25) is 0 Å². The van der Waals surface area contributed by atoms with Crippen LogP contribution in [0, 0.1) is 0 Å². The fourth-order valence-electron chi connectivity index (χ4n) is 1.41. The Bertz CT molecular complexity index is 331. The molecule has 3 heteroatoms. The summed E-state index contributed by atoms with van der Waals surface area (Å²) in [5, 5.41) is 0.631. The van der Waals surface area contributed by atoms with E-state index in [4.69, 9.17) is 17.3 Å². The molecule has 0 atom stereocenters. The summed E-state index contributed by atoms with van der Waals surface area (Å²) in [4.78, 5) is 0. The van der Waals surface area contributed by atoms with Crippen LogP contribution in [0.4, 0.5) is 4.39 Å². The number of hydrogen-bond donors (Lipinski definition) is 1. The Labute approximate surface area is 95.4 Å². The van der Waals surface area contributed by atoms with Crippen molar-refractivity contribution in [2.24, 2.45) is 5.73 Å². The summed E-state index contributed by atoms with van der Waals surface area (Å²) in [6, 6.07) is 5.37. The number of hydrogen-bond acceptors (Lipinski definition) is 1. The van der Waals surface area contributed by atoms with Crippen molar-refractivity contribution >= 4 is 11.6 Å². The first-order chi connectivity index (χ1) is 6.95. The molecule has 2 N–H and O–H groups in total. The van der Waals surface area contributed by atoms with E-state index in [0.29, 0.717) is 17.1 Å². The highest BCUT2D eigenvalue weighted by molar-refractivity contribution is 6.31. The van der Waals surface area contributed by atoms with Crippen LogP contribution >= 0.6 is 11.6 Å². The summed E-state index contributed by atoms with van der Waals surface area (Å²) < 4.78 is 13.6. The van der Waals surface area contributed by atoms with Gasteiger partial charge in [0.15, 0.2) is 0 Å². The van der Waals surface area contributed by atoms with Crippen LogP contribution in [0.5, 0.6) is 0 Å². The van der Waals surface area contributed by atoms with Gasteiger partial charge in [-0.1, -0.05) is 23.7 Å². The lowest BCUT2D eigenvalue weighted by Crippen LogP contribution is -2.09. The topological polar surface area (TPSA) is 26.0 Å². The lowest BCUT2D eigenvalue weighted by atomic mass is 9.98. The van der Waals surface area contributed by atoms with Gasteiger partial charge in [0.25, 0.3) is 0 Å². The lowest BCUT2D eigenvalue weighted by Gasteiger charge is -2.16. The van der Waals surface area contributed by atoms with Crippen molar-refractivity contribution in [3.05, 3.63) is 34.3 Å². The molecule has 0 amide bonds. The van der Waals surface area contributed by atoms with E-state index in [0.717, 1.165) is 18.4 Å². The molecule has 0 aliphatic carbocycles. The van der Waals surface area contributed by atoms with Crippen molar-refractivity contribution in [3.63, 3.8) is 0 Å². The zero-order valence-electron chi connectivity index (χ0n) is 9.19. The molecule has 15 heavy (non-hydrogen) atoms. The Balaban J connectivity index is 2.88. The number of rotatable bonds is 4. The van der Waals surface area contributed by atoms with Crippen LogP contribution in [0.2, 0.25) is 5.02 Å². The maximum Gasteiger partial charge on any atom is 0.130 e. The molecule has 1 rings (SSSR count). The second-order valence-corrected chi connectivity index (χ2v) is 4.58. The first-order valence-corrected chi connectivity index (χ1v) is 5.51. The smallest absolute Gasteiger partial charge is 0.130 e. The highest BCUT2D eigenvalue weighted by atomic mass is 35.5. The summed E-state index contributed by atoms with van der Waals surface area (Å²) in [6.45, 7) is 3.70.